The molecular weight excluding hydrogens is 479 g/mol. The number of nitrogens with one attached hydrogen (secondary N) is 2. The van der Waals surface area contributed by atoms with E-state index in [1.54, 1.807) is 6.92 Å². The van der Waals surface area contributed by atoms with Crippen molar-refractivity contribution in [3.63, 3.8) is 0 Å². The van der Waals surface area contributed by atoms with Gasteiger partial charge < -0.3 is 25.2 Å². The Bertz CT molecular complexity index is 1250. The Kier molecular flexibility index (Phi) is 7.13. The van der Waals surface area contributed by atoms with Gasteiger partial charge in [0.15, 0.2) is 21.3 Å². The highest BCUT2D eigenvalue weighted by molar-refractivity contribution is 7.91. The zero-order chi connectivity index (χ0) is 24.3. The van der Waals surface area contributed by atoms with Crippen LogP contribution in [0, 0.1) is 5.82 Å². The highest BCUT2D eigenvalue weighted by Gasteiger charge is 2.36. The minimum atomic E-state index is -4.15. The van der Waals surface area contributed by atoms with Gasteiger partial charge in [0.25, 0.3) is 0 Å². The Balaban J connectivity index is 2.13. The van der Waals surface area contributed by atoms with E-state index in [1.807, 2.05) is 0 Å². The average Bonchev–Trinajstić information content (AvgIpc) is 2.75. The number of amides is 2. The molecule has 12 heteroatoms. The fourth-order valence-electron chi connectivity index (χ4n) is 3.25. The minimum absolute atomic E-state index is 0.00447. The number of carbonyl (C=O) groups is 2. The van der Waals surface area contributed by atoms with Gasteiger partial charge in [-0.05, 0) is 42.8 Å². The molecule has 2 aromatic rings. The third-order valence-electron chi connectivity index (χ3n) is 4.77. The van der Waals surface area contributed by atoms with Gasteiger partial charge in [-0.2, -0.15) is 0 Å². The Morgan fingerprint density at radius 3 is 2.61 bits per heavy atom. The lowest BCUT2D eigenvalue weighted by atomic mass is 9.95. The molecule has 1 heterocycles. The van der Waals surface area contributed by atoms with Gasteiger partial charge in [-0.15, -0.1) is 0 Å². The first-order valence-corrected chi connectivity index (χ1v) is 11.6. The second-order valence-corrected chi connectivity index (χ2v) is 9.31. The molecule has 0 aliphatic carbocycles. The minimum Gasteiger partial charge on any atom is -0.504 e. The molecule has 9 nitrogen and oxygen atoms in total. The van der Waals surface area contributed by atoms with Crippen LogP contribution in [0.15, 0.2) is 52.6 Å². The summed E-state index contributed by atoms with van der Waals surface area (Å²) in [6.45, 7) is 1.57. The molecule has 1 aliphatic rings. The van der Waals surface area contributed by atoms with Gasteiger partial charge in [0.2, 0.25) is 0 Å². The lowest BCUT2D eigenvalue weighted by Gasteiger charge is -2.29. The molecule has 2 amide bonds. The van der Waals surface area contributed by atoms with Gasteiger partial charge >= 0.3 is 12.0 Å². The number of hydrogen-bond donors (Lipinski definition) is 3. The number of ether oxygens (including phenoxy) is 2. The van der Waals surface area contributed by atoms with E-state index < -0.39 is 39.4 Å². The van der Waals surface area contributed by atoms with Crippen molar-refractivity contribution in [2.75, 3.05) is 19.5 Å². The molecule has 0 radical (unpaired) electrons. The summed E-state index contributed by atoms with van der Waals surface area (Å²) in [6.07, 6.45) is 0. The van der Waals surface area contributed by atoms with Gasteiger partial charge in [-0.25, -0.2) is 22.4 Å². The molecule has 1 aliphatic heterocycles. The summed E-state index contributed by atoms with van der Waals surface area (Å²) in [4.78, 5) is 24.9. The molecule has 2 aromatic carbocycles. The van der Waals surface area contributed by atoms with Gasteiger partial charge in [0, 0.05) is 5.70 Å². The van der Waals surface area contributed by atoms with Crippen LogP contribution >= 0.6 is 11.6 Å². The standard InChI is InChI=1S/C21H20ClFN2O7S/c1-3-32-20(27)18-15(10-33(29,30)12-5-6-14(23)13(22)9-12)24-21(28)25-19(18)11-4-7-16(26)17(8-11)31-2/h4-9,19,26H,3,10H2,1-2H3,(H2,24,25,28)/t19-/m0/s1. The van der Waals surface area contributed by atoms with E-state index in [1.165, 1.54) is 25.3 Å². The number of methoxy groups -OCH3 is 1. The number of benzene rings is 2. The summed E-state index contributed by atoms with van der Waals surface area (Å²) >= 11 is 5.71. The van der Waals surface area contributed by atoms with Gasteiger partial charge in [0.1, 0.15) is 5.82 Å². The third-order valence-corrected chi connectivity index (χ3v) is 6.70. The van der Waals surface area contributed by atoms with E-state index in [0.717, 1.165) is 18.2 Å². The molecule has 0 fully saturated rings. The number of phenols is 1. The van der Waals surface area contributed by atoms with Crippen molar-refractivity contribution in [1.29, 1.82) is 0 Å². The second kappa shape index (κ2) is 9.67. The molecule has 0 aromatic heterocycles. The van der Waals surface area contributed by atoms with Crippen LogP contribution in [-0.4, -0.2) is 45.0 Å². The van der Waals surface area contributed by atoms with E-state index >= 15 is 0 Å². The number of carbonyl (C=O) groups excluding carboxylic acids is 2. The van der Waals surface area contributed by atoms with Crippen LogP contribution in [0.3, 0.4) is 0 Å². The van der Waals surface area contributed by atoms with Crippen molar-refractivity contribution in [2.24, 2.45) is 0 Å². The molecule has 1 atom stereocenters. The fraction of sp³-hybridized carbons (Fsp3) is 0.238. The number of esters is 1. The highest BCUT2D eigenvalue weighted by Crippen LogP contribution is 2.34. The molecule has 0 spiro atoms. The Labute approximate surface area is 194 Å². The van der Waals surface area contributed by atoms with Gasteiger partial charge in [-0.3, -0.25) is 0 Å². The monoisotopic (exact) mass is 498 g/mol. The van der Waals surface area contributed by atoms with Crippen LogP contribution < -0.4 is 15.4 Å². The number of phenolic OH excluding ortho intramolecular Hbond substituents is 1. The summed E-state index contributed by atoms with van der Waals surface area (Å²) in [7, 11) is -2.83. The quantitative estimate of drug-likeness (QED) is 0.395. The first kappa shape index (κ1) is 24.3. The smallest absolute Gasteiger partial charge is 0.338 e. The predicted octanol–water partition coefficient (Wildman–Crippen LogP) is 2.84. The van der Waals surface area contributed by atoms with Crippen LogP contribution in [0.4, 0.5) is 9.18 Å². The molecule has 176 valence electrons. The molecule has 0 saturated carbocycles. The van der Waals surface area contributed by atoms with Crippen molar-refractivity contribution in [3.8, 4) is 11.5 Å². The first-order valence-electron chi connectivity index (χ1n) is 9.59. The van der Waals surface area contributed by atoms with E-state index in [2.05, 4.69) is 10.6 Å². The number of rotatable bonds is 7. The van der Waals surface area contributed by atoms with Crippen molar-refractivity contribution < 1.29 is 37.0 Å². The largest absolute Gasteiger partial charge is 0.504 e. The third kappa shape index (κ3) is 5.20. The summed E-state index contributed by atoms with van der Waals surface area (Å²) < 4.78 is 49.7. The van der Waals surface area contributed by atoms with E-state index in [4.69, 9.17) is 21.1 Å². The van der Waals surface area contributed by atoms with Gasteiger partial charge in [0.05, 0.1) is 41.0 Å². The van der Waals surface area contributed by atoms with E-state index in [0.29, 0.717) is 5.56 Å². The van der Waals surface area contributed by atoms with Crippen molar-refractivity contribution in [2.45, 2.75) is 17.9 Å². The average molecular weight is 499 g/mol. The number of urea groups is 1. The molecular formula is C21H20ClFN2O7S. The van der Waals surface area contributed by atoms with Crippen LogP contribution in [0.1, 0.15) is 18.5 Å². The van der Waals surface area contributed by atoms with Crippen molar-refractivity contribution in [3.05, 3.63) is 64.1 Å². The number of hydrogen-bond acceptors (Lipinski definition) is 7. The Morgan fingerprint density at radius 1 is 1.24 bits per heavy atom. The summed E-state index contributed by atoms with van der Waals surface area (Å²) in [5.41, 5.74) is -0.0297. The predicted molar refractivity (Wildman–Crippen MR) is 116 cm³/mol. The van der Waals surface area contributed by atoms with Crippen LogP contribution in [0.2, 0.25) is 5.02 Å². The summed E-state index contributed by atoms with van der Waals surface area (Å²) in [5.74, 6) is -2.52. The second-order valence-electron chi connectivity index (χ2n) is 6.91. The normalized spacial score (nSPS) is 16.1. The van der Waals surface area contributed by atoms with Crippen molar-refractivity contribution >= 4 is 33.4 Å². The van der Waals surface area contributed by atoms with Crippen LogP contribution in [0.5, 0.6) is 11.5 Å². The fourth-order valence-corrected chi connectivity index (χ4v) is 4.84. The zero-order valence-corrected chi connectivity index (χ0v) is 19.1. The van der Waals surface area contributed by atoms with Crippen molar-refractivity contribution in [1.82, 2.24) is 10.6 Å². The SMILES string of the molecule is CCOC(=O)C1=C(CS(=O)(=O)c2ccc(F)c(Cl)c2)NC(=O)N[C@H]1c1ccc(O)c(OC)c1. The first-order chi connectivity index (χ1) is 15.6. The molecule has 0 bridgehead atoms. The summed E-state index contributed by atoms with van der Waals surface area (Å²) in [5, 5.41) is 14.4. The van der Waals surface area contributed by atoms with E-state index in [9.17, 15) is 27.5 Å². The number of aromatic hydroxyl groups is 1. The molecule has 3 rings (SSSR count). The molecule has 33 heavy (non-hydrogen) atoms. The highest BCUT2D eigenvalue weighted by atomic mass is 35.5. The lowest BCUT2D eigenvalue weighted by Crippen LogP contribution is -2.47. The molecule has 0 saturated heterocycles. The topological polar surface area (TPSA) is 131 Å². The summed E-state index contributed by atoms with van der Waals surface area (Å²) in [6, 6.07) is 5.17. The lowest BCUT2D eigenvalue weighted by molar-refractivity contribution is -0.139. The Morgan fingerprint density at radius 2 is 1.97 bits per heavy atom. The van der Waals surface area contributed by atoms with Crippen LogP contribution in [0.25, 0.3) is 0 Å². The van der Waals surface area contributed by atoms with Gasteiger partial charge in [-0.1, -0.05) is 17.7 Å². The maximum Gasteiger partial charge on any atom is 0.338 e. The number of halogens is 2. The van der Waals surface area contributed by atoms with E-state index in [-0.39, 0.29) is 39.3 Å². The maximum absolute atomic E-state index is 13.5. The molecule has 0 unspecified atom stereocenters. The zero-order valence-electron chi connectivity index (χ0n) is 17.5. The number of sulfone groups is 1. The van der Waals surface area contributed by atoms with Crippen LogP contribution in [-0.2, 0) is 19.4 Å². The maximum atomic E-state index is 13.5. The molecule has 3 N–H and O–H groups in total. The Hall–Kier alpha value is -3.31.